The number of hydrogen-bond donors (Lipinski definition) is 2. The summed E-state index contributed by atoms with van der Waals surface area (Å²) in [5, 5.41) is 3.70. The number of rotatable bonds is 3. The van der Waals surface area contributed by atoms with Crippen molar-refractivity contribution in [2.75, 3.05) is 12.4 Å². The molecular weight excluding hydrogens is 292 g/mol. The molecule has 5 heteroatoms. The van der Waals surface area contributed by atoms with Gasteiger partial charge < -0.3 is 15.0 Å². The van der Waals surface area contributed by atoms with Crippen LogP contribution < -0.4 is 5.32 Å². The molecule has 116 valence electrons. The van der Waals surface area contributed by atoms with Gasteiger partial charge in [0.25, 0.3) is 5.91 Å². The average molecular weight is 308 g/mol. The fraction of sp³-hybridized carbons (Fsp3) is 0.111. The third-order valence-electron chi connectivity index (χ3n) is 3.57. The van der Waals surface area contributed by atoms with E-state index in [0.717, 1.165) is 16.6 Å². The molecule has 0 atom stereocenters. The molecule has 3 aromatic rings. The van der Waals surface area contributed by atoms with Gasteiger partial charge in [0, 0.05) is 16.6 Å². The Morgan fingerprint density at radius 2 is 1.78 bits per heavy atom. The van der Waals surface area contributed by atoms with Crippen LogP contribution in [0.5, 0.6) is 0 Å². The van der Waals surface area contributed by atoms with Crippen LogP contribution in [0.4, 0.5) is 5.69 Å². The van der Waals surface area contributed by atoms with Crippen LogP contribution in [-0.4, -0.2) is 24.0 Å². The summed E-state index contributed by atoms with van der Waals surface area (Å²) in [4.78, 5) is 27.4. The van der Waals surface area contributed by atoms with Gasteiger partial charge in [-0.25, -0.2) is 4.79 Å². The maximum atomic E-state index is 12.4. The van der Waals surface area contributed by atoms with Crippen molar-refractivity contribution in [3.63, 3.8) is 0 Å². The van der Waals surface area contributed by atoms with Gasteiger partial charge >= 0.3 is 5.97 Å². The van der Waals surface area contributed by atoms with Crippen LogP contribution in [0.1, 0.15) is 26.4 Å². The highest BCUT2D eigenvalue weighted by atomic mass is 16.5. The number of methoxy groups -OCH3 is 1. The molecule has 0 fully saturated rings. The van der Waals surface area contributed by atoms with E-state index in [9.17, 15) is 9.59 Å². The van der Waals surface area contributed by atoms with Crippen molar-refractivity contribution in [3.8, 4) is 0 Å². The van der Waals surface area contributed by atoms with Gasteiger partial charge in [-0.3, -0.25) is 4.79 Å². The summed E-state index contributed by atoms with van der Waals surface area (Å²) in [5.41, 5.74) is 3.20. The second-order valence-electron chi connectivity index (χ2n) is 5.25. The van der Waals surface area contributed by atoms with Crippen LogP contribution in [-0.2, 0) is 4.74 Å². The highest BCUT2D eigenvalue weighted by Crippen LogP contribution is 2.27. The van der Waals surface area contributed by atoms with E-state index in [0.29, 0.717) is 16.8 Å². The first-order valence-electron chi connectivity index (χ1n) is 7.16. The molecule has 0 saturated heterocycles. The lowest BCUT2D eigenvalue weighted by atomic mass is 10.1. The first kappa shape index (κ1) is 14.8. The number of amides is 1. The molecule has 2 N–H and O–H groups in total. The molecule has 1 amide bonds. The van der Waals surface area contributed by atoms with E-state index in [1.54, 1.807) is 36.4 Å². The van der Waals surface area contributed by atoms with Crippen LogP contribution in [0.3, 0.4) is 0 Å². The maximum Gasteiger partial charge on any atom is 0.337 e. The first-order valence-corrected chi connectivity index (χ1v) is 7.16. The van der Waals surface area contributed by atoms with E-state index in [4.69, 9.17) is 4.74 Å². The van der Waals surface area contributed by atoms with E-state index in [2.05, 4.69) is 10.3 Å². The van der Waals surface area contributed by atoms with Gasteiger partial charge in [0.15, 0.2) is 0 Å². The minimum absolute atomic E-state index is 0.235. The monoisotopic (exact) mass is 308 g/mol. The van der Waals surface area contributed by atoms with E-state index in [-0.39, 0.29) is 5.91 Å². The molecule has 1 heterocycles. The minimum Gasteiger partial charge on any atom is -0.465 e. The summed E-state index contributed by atoms with van der Waals surface area (Å²) in [5.74, 6) is -0.679. The summed E-state index contributed by atoms with van der Waals surface area (Å²) in [7, 11) is 1.33. The van der Waals surface area contributed by atoms with E-state index in [1.807, 2.05) is 19.1 Å². The van der Waals surface area contributed by atoms with E-state index < -0.39 is 5.97 Å². The van der Waals surface area contributed by atoms with Gasteiger partial charge in [-0.05, 0) is 37.3 Å². The molecule has 0 saturated carbocycles. The molecule has 5 nitrogen and oxygen atoms in total. The number of aromatic nitrogens is 1. The third-order valence-corrected chi connectivity index (χ3v) is 3.57. The number of H-pyrrole nitrogens is 1. The Morgan fingerprint density at radius 3 is 2.48 bits per heavy atom. The van der Waals surface area contributed by atoms with E-state index in [1.165, 1.54) is 7.11 Å². The average Bonchev–Trinajstić information content (AvgIpc) is 2.95. The zero-order chi connectivity index (χ0) is 16.4. The third kappa shape index (κ3) is 2.94. The number of aromatic amines is 1. The number of hydrogen-bond acceptors (Lipinski definition) is 3. The Balaban J connectivity index is 2.04. The van der Waals surface area contributed by atoms with Crippen molar-refractivity contribution in [2.24, 2.45) is 0 Å². The number of carbonyl (C=O) groups excluding carboxylic acids is 2. The Kier molecular flexibility index (Phi) is 3.85. The van der Waals surface area contributed by atoms with Crippen molar-refractivity contribution in [1.29, 1.82) is 0 Å². The largest absolute Gasteiger partial charge is 0.465 e. The SMILES string of the molecule is COC(=O)c1cc(NC(=O)c2ccccc2)c2[nH]c(C)cc2c1. The number of nitrogens with one attached hydrogen (secondary N) is 2. The van der Waals surface area contributed by atoms with Crippen molar-refractivity contribution in [2.45, 2.75) is 6.92 Å². The van der Waals surface area contributed by atoms with Crippen LogP contribution in [0.2, 0.25) is 0 Å². The first-order chi connectivity index (χ1) is 11.1. The van der Waals surface area contributed by atoms with E-state index >= 15 is 0 Å². The topological polar surface area (TPSA) is 71.2 Å². The highest BCUT2D eigenvalue weighted by molar-refractivity contribution is 6.10. The quantitative estimate of drug-likeness (QED) is 0.727. The standard InChI is InChI=1S/C18H16N2O3/c1-11-8-13-9-14(18(22)23-2)10-15(16(13)19-11)20-17(21)12-6-4-3-5-7-12/h3-10,19H,1-2H3,(H,20,21). The number of aryl methyl sites for hydroxylation is 1. The molecule has 0 aliphatic rings. The number of esters is 1. The summed E-state index contributed by atoms with van der Waals surface area (Å²) in [6.45, 7) is 1.92. The van der Waals surface area contributed by atoms with Gasteiger partial charge in [-0.2, -0.15) is 0 Å². The van der Waals surface area contributed by atoms with Crippen LogP contribution >= 0.6 is 0 Å². The molecule has 0 unspecified atom stereocenters. The zero-order valence-electron chi connectivity index (χ0n) is 12.8. The summed E-state index contributed by atoms with van der Waals surface area (Å²) >= 11 is 0. The van der Waals surface area contributed by atoms with Crippen molar-refractivity contribution >= 4 is 28.5 Å². The Morgan fingerprint density at radius 1 is 1.04 bits per heavy atom. The number of ether oxygens (including phenoxy) is 1. The van der Waals surface area contributed by atoms with Crippen LogP contribution in [0, 0.1) is 6.92 Å². The molecule has 23 heavy (non-hydrogen) atoms. The van der Waals surface area contributed by atoms with Crippen LogP contribution in [0.15, 0.2) is 48.5 Å². The zero-order valence-corrected chi connectivity index (χ0v) is 12.8. The predicted molar refractivity (Wildman–Crippen MR) is 88.8 cm³/mol. The molecule has 0 spiro atoms. The normalized spacial score (nSPS) is 10.5. The van der Waals surface area contributed by atoms with Gasteiger partial charge in [0.2, 0.25) is 0 Å². The molecule has 0 radical (unpaired) electrons. The smallest absolute Gasteiger partial charge is 0.337 e. The molecule has 0 aliphatic carbocycles. The fourth-order valence-corrected chi connectivity index (χ4v) is 2.50. The number of carbonyl (C=O) groups is 2. The number of fused-ring (bicyclic) bond motifs is 1. The van der Waals surface area contributed by atoms with Crippen molar-refractivity contribution in [1.82, 2.24) is 4.98 Å². The Bertz CT molecular complexity index is 882. The highest BCUT2D eigenvalue weighted by Gasteiger charge is 2.14. The number of anilines is 1. The molecule has 3 rings (SSSR count). The Hall–Kier alpha value is -3.08. The second-order valence-corrected chi connectivity index (χ2v) is 5.25. The summed E-state index contributed by atoms with van der Waals surface area (Å²) < 4.78 is 4.77. The summed E-state index contributed by atoms with van der Waals surface area (Å²) in [6, 6.07) is 14.2. The minimum atomic E-state index is -0.444. The van der Waals surface area contributed by atoms with Crippen molar-refractivity contribution in [3.05, 3.63) is 65.4 Å². The number of benzene rings is 2. The Labute approximate surface area is 133 Å². The second kappa shape index (κ2) is 5.96. The molecule has 0 bridgehead atoms. The van der Waals surface area contributed by atoms with Crippen LogP contribution in [0.25, 0.3) is 10.9 Å². The van der Waals surface area contributed by atoms with Gasteiger partial charge in [0.1, 0.15) is 0 Å². The fourth-order valence-electron chi connectivity index (χ4n) is 2.50. The lowest BCUT2D eigenvalue weighted by molar-refractivity contribution is 0.0600. The molecule has 2 aromatic carbocycles. The molecular formula is C18H16N2O3. The predicted octanol–water partition coefficient (Wildman–Crippen LogP) is 3.52. The van der Waals surface area contributed by atoms with Gasteiger partial charge in [0.05, 0.1) is 23.9 Å². The molecule has 0 aliphatic heterocycles. The summed E-state index contributed by atoms with van der Waals surface area (Å²) in [6.07, 6.45) is 0. The van der Waals surface area contributed by atoms with Gasteiger partial charge in [-0.1, -0.05) is 18.2 Å². The lowest BCUT2D eigenvalue weighted by Crippen LogP contribution is -2.13. The molecule has 1 aromatic heterocycles. The lowest BCUT2D eigenvalue weighted by Gasteiger charge is -2.09. The van der Waals surface area contributed by atoms with Gasteiger partial charge in [-0.15, -0.1) is 0 Å². The van der Waals surface area contributed by atoms with Crippen molar-refractivity contribution < 1.29 is 14.3 Å². The maximum absolute atomic E-state index is 12.4.